The third kappa shape index (κ3) is 3.92. The van der Waals surface area contributed by atoms with E-state index >= 15 is 0 Å². The molecule has 0 atom stereocenters. The van der Waals surface area contributed by atoms with Crippen LogP contribution in [-0.2, 0) is 13.7 Å². The third-order valence-corrected chi connectivity index (χ3v) is 5.12. The van der Waals surface area contributed by atoms with Crippen LogP contribution < -0.4 is 15.2 Å². The zero-order chi connectivity index (χ0) is 22.0. The molecule has 0 spiro atoms. The predicted octanol–water partition coefficient (Wildman–Crippen LogP) is 3.23. The van der Waals surface area contributed by atoms with E-state index in [4.69, 9.17) is 9.47 Å². The molecular formula is C23H23N5O3. The lowest BCUT2D eigenvalue weighted by atomic mass is 10.1. The van der Waals surface area contributed by atoms with Crippen molar-refractivity contribution in [3.05, 3.63) is 81.8 Å². The lowest BCUT2D eigenvalue weighted by molar-refractivity contribution is 0.293. The fourth-order valence-electron chi connectivity index (χ4n) is 3.45. The first-order chi connectivity index (χ1) is 15.0. The largest absolute Gasteiger partial charge is 0.496 e. The molecule has 0 fully saturated rings. The molecule has 0 aliphatic heterocycles. The summed E-state index contributed by atoms with van der Waals surface area (Å²) in [4.78, 5) is 17.0. The molecule has 0 saturated carbocycles. The number of methoxy groups -OCH3 is 1. The summed E-state index contributed by atoms with van der Waals surface area (Å²) in [5, 5.41) is 7.76. The minimum Gasteiger partial charge on any atom is -0.496 e. The van der Waals surface area contributed by atoms with Crippen LogP contribution in [0.4, 0.5) is 0 Å². The number of pyridine rings is 1. The van der Waals surface area contributed by atoms with Gasteiger partial charge in [-0.25, -0.2) is 9.78 Å². The molecule has 8 nitrogen and oxygen atoms in total. The number of para-hydroxylation sites is 1. The Kier molecular flexibility index (Phi) is 5.53. The summed E-state index contributed by atoms with van der Waals surface area (Å²) in [6.45, 7) is 4.19. The van der Waals surface area contributed by atoms with Crippen molar-refractivity contribution in [3.8, 4) is 28.6 Å². The smallest absolute Gasteiger partial charge is 0.368 e. The van der Waals surface area contributed by atoms with Crippen LogP contribution in [0, 0.1) is 13.8 Å². The van der Waals surface area contributed by atoms with Crippen LogP contribution in [-0.4, -0.2) is 31.9 Å². The zero-order valence-electron chi connectivity index (χ0n) is 17.9. The van der Waals surface area contributed by atoms with E-state index in [-0.39, 0.29) is 12.3 Å². The molecule has 2 aromatic heterocycles. The van der Waals surface area contributed by atoms with Gasteiger partial charge in [-0.05, 0) is 53.6 Å². The van der Waals surface area contributed by atoms with Crippen molar-refractivity contribution < 1.29 is 9.47 Å². The minimum atomic E-state index is -0.321. The standard InChI is InChI=1S/C23H23N5O3/c1-15-8-6-12-20(28-23(29)27(3)25-26-28)18(15)14-31-21-13-7-11-19(24-21)17-10-5-9-16(2)22(17)30-4/h5-13H,14H2,1-4H3. The van der Waals surface area contributed by atoms with E-state index in [1.165, 1.54) is 9.36 Å². The Morgan fingerprint density at radius 1 is 0.935 bits per heavy atom. The molecule has 4 aromatic rings. The monoisotopic (exact) mass is 417 g/mol. The van der Waals surface area contributed by atoms with E-state index in [1.807, 2.05) is 62.4 Å². The molecule has 31 heavy (non-hydrogen) atoms. The number of hydrogen-bond donors (Lipinski definition) is 0. The highest BCUT2D eigenvalue weighted by Gasteiger charge is 2.15. The Hall–Kier alpha value is -3.94. The van der Waals surface area contributed by atoms with E-state index in [0.29, 0.717) is 11.6 Å². The summed E-state index contributed by atoms with van der Waals surface area (Å²) >= 11 is 0. The SMILES string of the molecule is COc1c(C)cccc1-c1cccc(OCc2c(C)cccc2-n2nnn(C)c2=O)n1. The molecule has 0 aliphatic carbocycles. The number of aryl methyl sites for hydroxylation is 3. The van der Waals surface area contributed by atoms with Crippen molar-refractivity contribution in [2.45, 2.75) is 20.5 Å². The lowest BCUT2D eigenvalue weighted by Crippen LogP contribution is -2.23. The summed E-state index contributed by atoms with van der Waals surface area (Å²) in [7, 11) is 3.22. The van der Waals surface area contributed by atoms with Gasteiger partial charge >= 0.3 is 5.69 Å². The molecule has 0 saturated heterocycles. The van der Waals surface area contributed by atoms with Crippen LogP contribution in [0.5, 0.6) is 11.6 Å². The van der Waals surface area contributed by atoms with Crippen molar-refractivity contribution in [3.63, 3.8) is 0 Å². The van der Waals surface area contributed by atoms with Crippen LogP contribution in [0.2, 0.25) is 0 Å². The fourth-order valence-corrected chi connectivity index (χ4v) is 3.45. The predicted molar refractivity (Wildman–Crippen MR) is 117 cm³/mol. The number of benzene rings is 2. The number of ether oxygens (including phenoxy) is 2. The van der Waals surface area contributed by atoms with Gasteiger partial charge in [-0.2, -0.15) is 9.36 Å². The van der Waals surface area contributed by atoms with Crippen LogP contribution in [0.1, 0.15) is 16.7 Å². The molecule has 2 heterocycles. The van der Waals surface area contributed by atoms with Crippen LogP contribution in [0.15, 0.2) is 59.4 Å². The van der Waals surface area contributed by atoms with E-state index in [9.17, 15) is 4.79 Å². The zero-order valence-corrected chi connectivity index (χ0v) is 17.9. The van der Waals surface area contributed by atoms with Crippen molar-refractivity contribution in [2.75, 3.05) is 7.11 Å². The first-order valence-corrected chi connectivity index (χ1v) is 9.81. The molecule has 0 N–H and O–H groups in total. The van der Waals surface area contributed by atoms with Gasteiger partial charge in [0.25, 0.3) is 0 Å². The Balaban J connectivity index is 1.65. The molecule has 0 amide bonds. The fraction of sp³-hybridized carbons (Fsp3) is 0.217. The van der Waals surface area contributed by atoms with Gasteiger partial charge in [0.1, 0.15) is 12.4 Å². The van der Waals surface area contributed by atoms with Crippen LogP contribution in [0.25, 0.3) is 16.9 Å². The molecule has 8 heteroatoms. The molecule has 0 aliphatic rings. The topological polar surface area (TPSA) is 84.1 Å². The highest BCUT2D eigenvalue weighted by Crippen LogP contribution is 2.32. The van der Waals surface area contributed by atoms with E-state index in [1.54, 1.807) is 20.2 Å². The Morgan fingerprint density at radius 3 is 2.42 bits per heavy atom. The van der Waals surface area contributed by atoms with Gasteiger partial charge in [0.05, 0.1) is 18.5 Å². The molecule has 158 valence electrons. The summed E-state index contributed by atoms with van der Waals surface area (Å²) in [5.41, 5.74) is 4.82. The van der Waals surface area contributed by atoms with Gasteiger partial charge in [-0.3, -0.25) is 0 Å². The normalized spacial score (nSPS) is 10.8. The molecule has 0 unspecified atom stereocenters. The van der Waals surface area contributed by atoms with E-state index < -0.39 is 0 Å². The van der Waals surface area contributed by atoms with Gasteiger partial charge < -0.3 is 9.47 Å². The summed E-state index contributed by atoms with van der Waals surface area (Å²) in [5.74, 6) is 1.26. The number of rotatable bonds is 6. The molecular weight excluding hydrogens is 394 g/mol. The molecule has 4 rings (SSSR count). The number of tetrazole rings is 1. The summed E-state index contributed by atoms with van der Waals surface area (Å²) in [6, 6.07) is 17.2. The molecule has 2 aromatic carbocycles. The van der Waals surface area contributed by atoms with Crippen molar-refractivity contribution in [1.82, 2.24) is 24.8 Å². The highest BCUT2D eigenvalue weighted by atomic mass is 16.5. The van der Waals surface area contributed by atoms with Gasteiger partial charge in [-0.1, -0.05) is 30.3 Å². The first-order valence-electron chi connectivity index (χ1n) is 9.81. The summed E-state index contributed by atoms with van der Waals surface area (Å²) in [6.07, 6.45) is 0. The van der Waals surface area contributed by atoms with Crippen molar-refractivity contribution in [1.29, 1.82) is 0 Å². The lowest BCUT2D eigenvalue weighted by Gasteiger charge is -2.14. The van der Waals surface area contributed by atoms with Crippen LogP contribution in [0.3, 0.4) is 0 Å². The second kappa shape index (κ2) is 8.43. The van der Waals surface area contributed by atoms with Gasteiger partial charge in [0.2, 0.25) is 5.88 Å². The van der Waals surface area contributed by atoms with E-state index in [0.717, 1.165) is 33.7 Å². The molecule has 0 bridgehead atoms. The van der Waals surface area contributed by atoms with Crippen molar-refractivity contribution >= 4 is 0 Å². The number of hydrogen-bond acceptors (Lipinski definition) is 6. The Bertz CT molecular complexity index is 1290. The summed E-state index contributed by atoms with van der Waals surface area (Å²) < 4.78 is 14.0. The second-order valence-corrected chi connectivity index (χ2v) is 7.17. The van der Waals surface area contributed by atoms with Gasteiger partial charge in [0, 0.05) is 24.2 Å². The van der Waals surface area contributed by atoms with Crippen LogP contribution >= 0.6 is 0 Å². The third-order valence-electron chi connectivity index (χ3n) is 5.12. The van der Waals surface area contributed by atoms with Gasteiger partial charge in [-0.15, -0.1) is 0 Å². The Labute approximate surface area is 179 Å². The maximum atomic E-state index is 12.3. The second-order valence-electron chi connectivity index (χ2n) is 7.17. The maximum absolute atomic E-state index is 12.3. The van der Waals surface area contributed by atoms with E-state index in [2.05, 4.69) is 15.4 Å². The Morgan fingerprint density at radius 2 is 1.68 bits per heavy atom. The average molecular weight is 417 g/mol. The van der Waals surface area contributed by atoms with Gasteiger partial charge in [0.15, 0.2) is 0 Å². The number of nitrogens with zero attached hydrogens (tertiary/aromatic N) is 5. The van der Waals surface area contributed by atoms with Crippen molar-refractivity contribution in [2.24, 2.45) is 7.05 Å². The quantitative estimate of drug-likeness (QED) is 0.479. The highest BCUT2D eigenvalue weighted by molar-refractivity contribution is 5.69. The number of aromatic nitrogens is 5. The molecule has 0 radical (unpaired) electrons. The minimum absolute atomic E-state index is 0.229. The first kappa shape index (κ1) is 20.3. The average Bonchev–Trinajstić information content (AvgIpc) is 3.11. The maximum Gasteiger partial charge on any atom is 0.368 e.